The maximum absolute atomic E-state index is 10.4. The average molecular weight is 209 g/mol. The zero-order valence-corrected chi connectivity index (χ0v) is 7.91. The molecule has 0 spiro atoms. The Morgan fingerprint density at radius 3 is 3.07 bits per heavy atom. The molecular formula is C8H7N3O2S. The number of H-pyrrole nitrogens is 1. The van der Waals surface area contributed by atoms with Gasteiger partial charge in [-0.15, -0.1) is 12.6 Å². The zero-order chi connectivity index (χ0) is 10.1. The first-order valence-corrected chi connectivity index (χ1v) is 4.26. The SMILES string of the molecule is NC(=O)Oc1nc2ccc(S)cc2[nH]1. The second-order valence-electron chi connectivity index (χ2n) is 2.66. The fourth-order valence-electron chi connectivity index (χ4n) is 1.12. The summed E-state index contributed by atoms with van der Waals surface area (Å²) >= 11 is 4.16. The minimum atomic E-state index is -0.893. The summed E-state index contributed by atoms with van der Waals surface area (Å²) in [5.74, 6) is 0. The van der Waals surface area contributed by atoms with Crippen molar-refractivity contribution in [1.29, 1.82) is 0 Å². The highest BCUT2D eigenvalue weighted by molar-refractivity contribution is 7.80. The van der Waals surface area contributed by atoms with Gasteiger partial charge in [-0.25, -0.2) is 4.79 Å². The lowest BCUT2D eigenvalue weighted by Gasteiger charge is -1.91. The van der Waals surface area contributed by atoms with Crippen LogP contribution in [0.25, 0.3) is 11.0 Å². The predicted octanol–water partition coefficient (Wildman–Crippen LogP) is 1.31. The summed E-state index contributed by atoms with van der Waals surface area (Å²) in [7, 11) is 0. The molecule has 0 unspecified atom stereocenters. The van der Waals surface area contributed by atoms with Crippen molar-refractivity contribution in [1.82, 2.24) is 9.97 Å². The number of benzene rings is 1. The van der Waals surface area contributed by atoms with Crippen LogP contribution in [0.2, 0.25) is 0 Å². The van der Waals surface area contributed by atoms with Crippen LogP contribution < -0.4 is 10.5 Å². The van der Waals surface area contributed by atoms with E-state index in [4.69, 9.17) is 5.73 Å². The van der Waals surface area contributed by atoms with Gasteiger partial charge in [0.15, 0.2) is 0 Å². The maximum Gasteiger partial charge on any atom is 0.412 e. The number of carbonyl (C=O) groups excluding carboxylic acids is 1. The third kappa shape index (κ3) is 1.64. The van der Waals surface area contributed by atoms with Crippen LogP contribution in [0.5, 0.6) is 6.01 Å². The van der Waals surface area contributed by atoms with E-state index in [0.29, 0.717) is 5.52 Å². The number of nitrogens with one attached hydrogen (secondary N) is 1. The number of primary amides is 1. The van der Waals surface area contributed by atoms with Gasteiger partial charge in [0.1, 0.15) is 0 Å². The van der Waals surface area contributed by atoms with Gasteiger partial charge in [0.05, 0.1) is 11.0 Å². The molecule has 1 aromatic heterocycles. The van der Waals surface area contributed by atoms with E-state index >= 15 is 0 Å². The molecule has 72 valence electrons. The normalized spacial score (nSPS) is 10.4. The van der Waals surface area contributed by atoms with Crippen molar-refractivity contribution in [2.45, 2.75) is 4.90 Å². The first kappa shape index (κ1) is 8.89. The van der Waals surface area contributed by atoms with Crippen molar-refractivity contribution >= 4 is 29.8 Å². The van der Waals surface area contributed by atoms with Crippen molar-refractivity contribution < 1.29 is 9.53 Å². The van der Waals surface area contributed by atoms with E-state index in [2.05, 4.69) is 27.3 Å². The Hall–Kier alpha value is -1.69. The van der Waals surface area contributed by atoms with E-state index < -0.39 is 6.09 Å². The highest BCUT2D eigenvalue weighted by Gasteiger charge is 2.05. The van der Waals surface area contributed by atoms with Gasteiger partial charge < -0.3 is 15.5 Å². The Bertz CT molecular complexity index is 494. The second-order valence-corrected chi connectivity index (χ2v) is 3.18. The molecule has 0 aliphatic carbocycles. The fourth-order valence-corrected chi connectivity index (χ4v) is 1.32. The molecule has 2 rings (SSSR count). The third-order valence-electron chi connectivity index (χ3n) is 1.64. The Kier molecular flexibility index (Phi) is 2.05. The van der Waals surface area contributed by atoms with Crippen LogP contribution in [0.4, 0.5) is 4.79 Å². The van der Waals surface area contributed by atoms with Gasteiger partial charge in [-0.05, 0) is 18.2 Å². The molecule has 0 bridgehead atoms. The van der Waals surface area contributed by atoms with Crippen LogP contribution in [0, 0.1) is 0 Å². The number of carbonyl (C=O) groups is 1. The topological polar surface area (TPSA) is 81.0 Å². The number of hydrogen-bond acceptors (Lipinski definition) is 4. The van der Waals surface area contributed by atoms with E-state index in [1.54, 1.807) is 18.2 Å². The van der Waals surface area contributed by atoms with Crippen molar-refractivity contribution in [2.75, 3.05) is 0 Å². The van der Waals surface area contributed by atoms with Crippen LogP contribution in [-0.2, 0) is 0 Å². The van der Waals surface area contributed by atoms with E-state index in [9.17, 15) is 4.79 Å². The lowest BCUT2D eigenvalue weighted by atomic mass is 10.3. The van der Waals surface area contributed by atoms with Gasteiger partial charge in [-0.1, -0.05) is 0 Å². The number of aromatic amines is 1. The number of rotatable bonds is 1. The van der Waals surface area contributed by atoms with E-state index in [1.165, 1.54) is 0 Å². The lowest BCUT2D eigenvalue weighted by molar-refractivity contribution is 0.207. The van der Waals surface area contributed by atoms with Gasteiger partial charge >= 0.3 is 12.1 Å². The Morgan fingerprint density at radius 1 is 1.57 bits per heavy atom. The van der Waals surface area contributed by atoms with Crippen molar-refractivity contribution in [3.63, 3.8) is 0 Å². The molecule has 1 amide bonds. The minimum absolute atomic E-state index is 0.0893. The molecule has 3 N–H and O–H groups in total. The molecule has 14 heavy (non-hydrogen) atoms. The number of thiol groups is 1. The second kappa shape index (κ2) is 3.22. The summed E-state index contributed by atoms with van der Waals surface area (Å²) in [5, 5.41) is 0. The van der Waals surface area contributed by atoms with Crippen LogP contribution in [0.15, 0.2) is 23.1 Å². The maximum atomic E-state index is 10.4. The van der Waals surface area contributed by atoms with E-state index in [-0.39, 0.29) is 6.01 Å². The number of imidazole rings is 1. The number of nitrogens with two attached hydrogens (primary N) is 1. The summed E-state index contributed by atoms with van der Waals surface area (Å²) in [6, 6.07) is 5.42. The van der Waals surface area contributed by atoms with Gasteiger partial charge in [0.2, 0.25) is 0 Å². The van der Waals surface area contributed by atoms with E-state index in [0.717, 1.165) is 10.4 Å². The summed E-state index contributed by atoms with van der Waals surface area (Å²) in [6.07, 6.45) is -0.893. The highest BCUT2D eigenvalue weighted by Crippen LogP contribution is 2.18. The predicted molar refractivity (Wildman–Crippen MR) is 53.6 cm³/mol. The Morgan fingerprint density at radius 2 is 2.36 bits per heavy atom. The smallest absolute Gasteiger partial charge is 0.376 e. The highest BCUT2D eigenvalue weighted by atomic mass is 32.1. The molecule has 2 aromatic rings. The molecule has 0 atom stereocenters. The fraction of sp³-hybridized carbons (Fsp3) is 0. The number of ether oxygens (including phenoxy) is 1. The van der Waals surface area contributed by atoms with Crippen LogP contribution >= 0.6 is 12.6 Å². The summed E-state index contributed by atoms with van der Waals surface area (Å²) < 4.78 is 4.59. The molecule has 0 aliphatic heterocycles. The molecule has 1 heterocycles. The standard InChI is InChI=1S/C8H7N3O2S/c9-7(12)13-8-10-5-2-1-4(14)3-6(5)11-8/h1-3,14H,(H2,9,12)(H,10,11). The monoisotopic (exact) mass is 209 g/mol. The molecule has 0 aliphatic rings. The first-order chi connectivity index (χ1) is 6.65. The third-order valence-corrected chi connectivity index (χ3v) is 1.92. The van der Waals surface area contributed by atoms with Gasteiger partial charge in [-0.2, -0.15) is 4.98 Å². The van der Waals surface area contributed by atoms with Gasteiger partial charge in [0, 0.05) is 4.90 Å². The molecular weight excluding hydrogens is 202 g/mol. The Balaban J connectivity index is 2.46. The van der Waals surface area contributed by atoms with Crippen LogP contribution in [0.3, 0.4) is 0 Å². The van der Waals surface area contributed by atoms with Crippen molar-refractivity contribution in [2.24, 2.45) is 5.73 Å². The minimum Gasteiger partial charge on any atom is -0.376 e. The molecule has 5 nitrogen and oxygen atoms in total. The first-order valence-electron chi connectivity index (χ1n) is 3.81. The molecule has 0 saturated carbocycles. The van der Waals surface area contributed by atoms with Gasteiger partial charge in [-0.3, -0.25) is 0 Å². The summed E-state index contributed by atoms with van der Waals surface area (Å²) in [4.78, 5) is 18.0. The largest absolute Gasteiger partial charge is 0.412 e. The number of aromatic nitrogens is 2. The van der Waals surface area contributed by atoms with E-state index in [1.807, 2.05) is 0 Å². The van der Waals surface area contributed by atoms with Crippen molar-refractivity contribution in [3.8, 4) is 6.01 Å². The summed E-state index contributed by atoms with van der Waals surface area (Å²) in [6.45, 7) is 0. The average Bonchev–Trinajstić information content (AvgIpc) is 2.44. The van der Waals surface area contributed by atoms with Crippen molar-refractivity contribution in [3.05, 3.63) is 18.2 Å². The molecule has 0 radical (unpaired) electrons. The number of nitrogens with zero attached hydrogens (tertiary/aromatic N) is 1. The molecule has 1 aromatic carbocycles. The number of fused-ring (bicyclic) bond motifs is 1. The quantitative estimate of drug-likeness (QED) is 0.619. The molecule has 0 fully saturated rings. The zero-order valence-electron chi connectivity index (χ0n) is 7.02. The molecule has 6 heteroatoms. The van der Waals surface area contributed by atoms with Crippen LogP contribution in [0.1, 0.15) is 0 Å². The Labute approximate surface area is 84.7 Å². The lowest BCUT2D eigenvalue weighted by Crippen LogP contribution is -2.16. The van der Waals surface area contributed by atoms with Crippen LogP contribution in [-0.4, -0.2) is 16.1 Å². The summed E-state index contributed by atoms with van der Waals surface area (Å²) in [5.41, 5.74) is 6.28. The molecule has 0 saturated heterocycles. The number of amides is 1. The number of hydrogen-bond donors (Lipinski definition) is 3. The van der Waals surface area contributed by atoms with Gasteiger partial charge in [0.25, 0.3) is 0 Å².